The van der Waals surface area contributed by atoms with E-state index >= 15 is 0 Å². The van der Waals surface area contributed by atoms with Gasteiger partial charge in [-0.05, 0) is 37.0 Å². The van der Waals surface area contributed by atoms with Crippen molar-refractivity contribution in [1.29, 1.82) is 0 Å². The molecule has 14 heavy (non-hydrogen) atoms. The second kappa shape index (κ2) is 3.89. The van der Waals surface area contributed by atoms with Gasteiger partial charge in [-0.3, -0.25) is 4.79 Å². The van der Waals surface area contributed by atoms with Gasteiger partial charge in [0.05, 0.1) is 0 Å². The minimum atomic E-state index is 0.167. The van der Waals surface area contributed by atoms with Gasteiger partial charge in [0, 0.05) is 19.1 Å². The normalized spacial score (nSPS) is 40.1. The monoisotopic (exact) mass is 197 g/mol. The Morgan fingerprint density at radius 2 is 2.21 bits per heavy atom. The molecule has 2 aliphatic carbocycles. The molecule has 3 nitrogen and oxygen atoms in total. The van der Waals surface area contributed by atoms with Gasteiger partial charge >= 0.3 is 0 Å². The fourth-order valence-electron chi connectivity index (χ4n) is 2.97. The van der Waals surface area contributed by atoms with Gasteiger partial charge in [0.2, 0.25) is 5.91 Å². The molecule has 4 atom stereocenters. The van der Waals surface area contributed by atoms with Crippen LogP contribution in [-0.4, -0.2) is 23.7 Å². The van der Waals surface area contributed by atoms with Crippen molar-refractivity contribution < 1.29 is 9.90 Å². The van der Waals surface area contributed by atoms with Crippen molar-refractivity contribution in [1.82, 2.24) is 5.32 Å². The molecule has 2 saturated carbocycles. The Morgan fingerprint density at radius 3 is 2.86 bits per heavy atom. The summed E-state index contributed by atoms with van der Waals surface area (Å²) in [7, 11) is 0. The molecule has 0 heterocycles. The number of aliphatic hydroxyl groups excluding tert-OH is 1. The smallest absolute Gasteiger partial charge is 0.219 e. The Hall–Kier alpha value is -0.570. The third-order valence-electron chi connectivity index (χ3n) is 3.85. The first-order valence-electron chi connectivity index (χ1n) is 5.64. The van der Waals surface area contributed by atoms with E-state index in [-0.39, 0.29) is 5.91 Å². The minimum absolute atomic E-state index is 0.167. The first-order chi connectivity index (χ1) is 6.74. The minimum Gasteiger partial charge on any atom is -0.396 e. The third-order valence-corrected chi connectivity index (χ3v) is 3.85. The molecule has 0 aliphatic heterocycles. The van der Waals surface area contributed by atoms with Gasteiger partial charge in [-0.15, -0.1) is 0 Å². The zero-order chi connectivity index (χ0) is 10.1. The molecule has 2 fully saturated rings. The quantitative estimate of drug-likeness (QED) is 0.707. The largest absolute Gasteiger partial charge is 0.396 e. The van der Waals surface area contributed by atoms with Crippen LogP contribution in [0.15, 0.2) is 0 Å². The predicted molar refractivity (Wildman–Crippen MR) is 53.6 cm³/mol. The van der Waals surface area contributed by atoms with Crippen LogP contribution in [0.25, 0.3) is 0 Å². The summed E-state index contributed by atoms with van der Waals surface area (Å²) in [6.45, 7) is 2.21. The second-order valence-electron chi connectivity index (χ2n) is 4.71. The van der Waals surface area contributed by atoms with Crippen molar-refractivity contribution in [2.75, 3.05) is 6.61 Å². The Labute approximate surface area is 84.9 Å². The standard InChI is InChI=1S/C11H19NO2/c1-2-11(14)12-10-5-8-3-7(6-13)4-9(8)10/h7-10,13H,2-6H2,1H3,(H,12,14). The highest BCUT2D eigenvalue weighted by Gasteiger charge is 2.47. The highest BCUT2D eigenvalue weighted by Crippen LogP contribution is 2.49. The van der Waals surface area contributed by atoms with E-state index in [1.807, 2.05) is 6.92 Å². The van der Waals surface area contributed by atoms with E-state index in [1.54, 1.807) is 0 Å². The molecule has 80 valence electrons. The molecule has 0 saturated heterocycles. The summed E-state index contributed by atoms with van der Waals surface area (Å²) in [5.41, 5.74) is 0. The van der Waals surface area contributed by atoms with Crippen LogP contribution in [0.2, 0.25) is 0 Å². The lowest BCUT2D eigenvalue weighted by molar-refractivity contribution is -0.123. The van der Waals surface area contributed by atoms with Crippen LogP contribution in [0.4, 0.5) is 0 Å². The van der Waals surface area contributed by atoms with Crippen LogP contribution in [0.5, 0.6) is 0 Å². The fourth-order valence-corrected chi connectivity index (χ4v) is 2.97. The number of amides is 1. The lowest BCUT2D eigenvalue weighted by Crippen LogP contribution is -2.50. The summed E-state index contributed by atoms with van der Waals surface area (Å²) in [6.07, 6.45) is 3.99. The maximum atomic E-state index is 11.2. The van der Waals surface area contributed by atoms with Crippen LogP contribution < -0.4 is 5.32 Å². The number of hydrogen-bond acceptors (Lipinski definition) is 2. The Bertz CT molecular complexity index is 229. The summed E-state index contributed by atoms with van der Waals surface area (Å²) in [5, 5.41) is 12.1. The lowest BCUT2D eigenvalue weighted by atomic mass is 9.71. The van der Waals surface area contributed by atoms with Crippen molar-refractivity contribution in [2.24, 2.45) is 17.8 Å². The molecule has 2 N–H and O–H groups in total. The Balaban J connectivity index is 1.81. The molecule has 0 aromatic heterocycles. The average Bonchev–Trinajstić information content (AvgIpc) is 2.51. The number of aliphatic hydroxyl groups is 1. The highest BCUT2D eigenvalue weighted by molar-refractivity contribution is 5.76. The van der Waals surface area contributed by atoms with Crippen molar-refractivity contribution in [3.05, 3.63) is 0 Å². The van der Waals surface area contributed by atoms with E-state index < -0.39 is 0 Å². The summed E-state index contributed by atoms with van der Waals surface area (Å²) in [6, 6.07) is 0.406. The Morgan fingerprint density at radius 1 is 1.43 bits per heavy atom. The van der Waals surface area contributed by atoms with Gasteiger partial charge in [-0.1, -0.05) is 6.92 Å². The molecule has 0 radical (unpaired) electrons. The molecular formula is C11H19NO2. The van der Waals surface area contributed by atoms with Crippen LogP contribution in [0.1, 0.15) is 32.6 Å². The van der Waals surface area contributed by atoms with Gasteiger partial charge < -0.3 is 10.4 Å². The average molecular weight is 197 g/mol. The molecule has 1 amide bonds. The van der Waals surface area contributed by atoms with Crippen LogP contribution in [-0.2, 0) is 4.79 Å². The van der Waals surface area contributed by atoms with E-state index in [1.165, 1.54) is 6.42 Å². The first kappa shape index (κ1) is 9.97. The topological polar surface area (TPSA) is 49.3 Å². The van der Waals surface area contributed by atoms with E-state index in [2.05, 4.69) is 5.32 Å². The molecular weight excluding hydrogens is 178 g/mol. The summed E-state index contributed by atoms with van der Waals surface area (Å²) < 4.78 is 0. The van der Waals surface area contributed by atoms with E-state index in [0.29, 0.717) is 30.9 Å². The van der Waals surface area contributed by atoms with E-state index in [0.717, 1.165) is 18.8 Å². The molecule has 4 unspecified atom stereocenters. The van der Waals surface area contributed by atoms with Gasteiger partial charge in [-0.25, -0.2) is 0 Å². The lowest BCUT2D eigenvalue weighted by Gasteiger charge is -2.40. The van der Waals surface area contributed by atoms with Crippen LogP contribution in [0.3, 0.4) is 0 Å². The zero-order valence-corrected chi connectivity index (χ0v) is 8.70. The van der Waals surface area contributed by atoms with Gasteiger partial charge in [-0.2, -0.15) is 0 Å². The van der Waals surface area contributed by atoms with Gasteiger partial charge in [0.15, 0.2) is 0 Å². The molecule has 2 rings (SSSR count). The predicted octanol–water partition coefficient (Wildman–Crippen LogP) is 0.920. The number of nitrogens with one attached hydrogen (secondary N) is 1. The van der Waals surface area contributed by atoms with Crippen molar-refractivity contribution in [3.63, 3.8) is 0 Å². The summed E-state index contributed by atoms with van der Waals surface area (Å²) in [5.74, 6) is 2.09. The summed E-state index contributed by atoms with van der Waals surface area (Å²) >= 11 is 0. The van der Waals surface area contributed by atoms with Crippen molar-refractivity contribution >= 4 is 5.91 Å². The van der Waals surface area contributed by atoms with Crippen LogP contribution >= 0.6 is 0 Å². The molecule has 0 aromatic rings. The highest BCUT2D eigenvalue weighted by atomic mass is 16.3. The summed E-state index contributed by atoms with van der Waals surface area (Å²) in [4.78, 5) is 11.2. The molecule has 3 heteroatoms. The fraction of sp³-hybridized carbons (Fsp3) is 0.909. The molecule has 0 aromatic carbocycles. The maximum absolute atomic E-state index is 11.2. The zero-order valence-electron chi connectivity index (χ0n) is 8.70. The third kappa shape index (κ3) is 1.65. The van der Waals surface area contributed by atoms with Crippen molar-refractivity contribution in [2.45, 2.75) is 38.6 Å². The molecule has 0 bridgehead atoms. The first-order valence-corrected chi connectivity index (χ1v) is 5.64. The van der Waals surface area contributed by atoms with E-state index in [9.17, 15) is 4.79 Å². The SMILES string of the molecule is CCC(=O)NC1CC2CC(CO)CC21. The maximum Gasteiger partial charge on any atom is 0.219 e. The van der Waals surface area contributed by atoms with E-state index in [4.69, 9.17) is 5.11 Å². The number of hydrogen-bond donors (Lipinski definition) is 2. The number of carbonyl (C=O) groups excluding carboxylic acids is 1. The number of rotatable bonds is 3. The number of carbonyl (C=O) groups is 1. The van der Waals surface area contributed by atoms with Crippen LogP contribution in [0, 0.1) is 17.8 Å². The molecule has 0 spiro atoms. The second-order valence-corrected chi connectivity index (χ2v) is 4.71. The van der Waals surface area contributed by atoms with Gasteiger partial charge in [0.1, 0.15) is 0 Å². The Kier molecular flexibility index (Phi) is 2.77. The molecule has 2 aliphatic rings. The van der Waals surface area contributed by atoms with Gasteiger partial charge in [0.25, 0.3) is 0 Å². The number of fused-ring (bicyclic) bond motifs is 1. The van der Waals surface area contributed by atoms with Crippen molar-refractivity contribution in [3.8, 4) is 0 Å².